The molecule has 0 saturated carbocycles. The van der Waals surface area contributed by atoms with Gasteiger partial charge in [0, 0.05) is 70.9 Å². The normalized spacial score (nSPS) is 28.6. The quantitative estimate of drug-likeness (QED) is 0.366. The molecule has 2 aromatic heterocycles. The van der Waals surface area contributed by atoms with Crippen LogP contribution in [0, 0.1) is 11.8 Å². The third-order valence-corrected chi connectivity index (χ3v) is 10.0. The van der Waals surface area contributed by atoms with Crippen molar-refractivity contribution >= 4 is 27.8 Å². The van der Waals surface area contributed by atoms with Gasteiger partial charge in [0.25, 0.3) is 0 Å². The molecule has 0 aliphatic carbocycles. The van der Waals surface area contributed by atoms with Crippen LogP contribution < -0.4 is 0 Å². The predicted octanol–water partition coefficient (Wildman–Crippen LogP) is 5.03. The number of benzene rings is 2. The van der Waals surface area contributed by atoms with Gasteiger partial charge in [0.1, 0.15) is 0 Å². The van der Waals surface area contributed by atoms with Crippen molar-refractivity contribution in [2.45, 2.75) is 37.8 Å². The first-order chi connectivity index (χ1) is 18.1. The maximum Gasteiger partial charge on any atom is 0.335 e. The monoisotopic (exact) mass is 492 g/mol. The first kappa shape index (κ1) is 21.6. The average Bonchev–Trinajstić information content (AvgIpc) is 3.51. The van der Waals surface area contributed by atoms with Crippen LogP contribution in [-0.4, -0.2) is 52.5 Å². The highest BCUT2D eigenvalue weighted by Crippen LogP contribution is 2.56. The van der Waals surface area contributed by atoms with Gasteiger partial charge in [0.2, 0.25) is 0 Å². The summed E-state index contributed by atoms with van der Waals surface area (Å²) < 4.78 is 5.36. The molecule has 4 aliphatic heterocycles. The van der Waals surface area contributed by atoms with Gasteiger partial charge in [-0.1, -0.05) is 36.4 Å². The number of esters is 1. The van der Waals surface area contributed by atoms with E-state index in [9.17, 15) is 4.79 Å². The standard InChI is InChI=1S/C31H32N4O2/c1-31-24-17-34-13-11-20-18-7-3-5-9-25(18)32-28(20)27(34)15-22(24)23(30(36)37-2)16-35(31)14-12-21-19-8-4-6-10-26(19)33-29(21)31/h3-10,16,22,24,27,32-33H,11-15,17H2,1-2H3/t22-,24-,27-,31-/m1/s1. The van der Waals surface area contributed by atoms with Gasteiger partial charge in [-0.2, -0.15) is 0 Å². The van der Waals surface area contributed by atoms with Crippen molar-refractivity contribution in [1.82, 2.24) is 19.8 Å². The molecule has 0 amide bonds. The van der Waals surface area contributed by atoms with Gasteiger partial charge in [-0.3, -0.25) is 4.90 Å². The Hall–Kier alpha value is -3.51. The zero-order chi connectivity index (χ0) is 24.9. The second-order valence-electron chi connectivity index (χ2n) is 11.5. The molecule has 2 aromatic carbocycles. The molecule has 4 aromatic rings. The van der Waals surface area contributed by atoms with E-state index in [2.05, 4.69) is 81.4 Å². The molecule has 0 unspecified atom stereocenters. The molecule has 4 atom stereocenters. The van der Waals surface area contributed by atoms with E-state index in [0.29, 0.717) is 0 Å². The predicted molar refractivity (Wildman–Crippen MR) is 144 cm³/mol. The van der Waals surface area contributed by atoms with E-state index >= 15 is 0 Å². The number of hydrogen-bond acceptors (Lipinski definition) is 4. The van der Waals surface area contributed by atoms with Gasteiger partial charge in [0.05, 0.1) is 24.3 Å². The highest BCUT2D eigenvalue weighted by Gasteiger charge is 2.56. The first-order valence-corrected chi connectivity index (χ1v) is 13.6. The number of para-hydroxylation sites is 2. The van der Waals surface area contributed by atoms with Crippen molar-refractivity contribution in [1.29, 1.82) is 0 Å². The maximum atomic E-state index is 13.2. The molecule has 188 valence electrons. The molecular weight excluding hydrogens is 460 g/mol. The van der Waals surface area contributed by atoms with E-state index in [-0.39, 0.29) is 29.4 Å². The Balaban J connectivity index is 1.28. The number of methoxy groups -OCH3 is 1. The van der Waals surface area contributed by atoms with Crippen molar-refractivity contribution in [3.05, 3.63) is 82.8 Å². The fourth-order valence-electron chi connectivity index (χ4n) is 8.23. The number of fused-ring (bicyclic) bond motifs is 12. The fraction of sp³-hybridized carbons (Fsp3) is 0.387. The Morgan fingerprint density at radius 2 is 1.68 bits per heavy atom. The number of aromatic nitrogens is 2. The van der Waals surface area contributed by atoms with E-state index in [1.807, 2.05) is 0 Å². The minimum atomic E-state index is -0.208. The Labute approximate surface area is 216 Å². The number of carbonyl (C=O) groups is 1. The number of hydrogen-bond donors (Lipinski definition) is 2. The van der Waals surface area contributed by atoms with Crippen LogP contribution in [0.15, 0.2) is 60.3 Å². The molecule has 6 heteroatoms. The van der Waals surface area contributed by atoms with Crippen LogP contribution in [0.1, 0.15) is 41.9 Å². The van der Waals surface area contributed by atoms with Crippen LogP contribution in [0.3, 0.4) is 0 Å². The summed E-state index contributed by atoms with van der Waals surface area (Å²) >= 11 is 0. The fourth-order valence-corrected chi connectivity index (χ4v) is 8.23. The molecule has 8 rings (SSSR count). The van der Waals surface area contributed by atoms with E-state index in [4.69, 9.17) is 4.74 Å². The van der Waals surface area contributed by atoms with E-state index in [1.165, 1.54) is 51.4 Å². The SMILES string of the molecule is COC(=O)C1=CN2CCc3c([nH]c4ccccc34)[C@@]2(C)[C@@H]2CN3CCc4c([nH]c5ccccc45)[C@H]3C[C@H]12. The lowest BCUT2D eigenvalue weighted by Crippen LogP contribution is -2.62. The van der Waals surface area contributed by atoms with Crippen LogP contribution in [-0.2, 0) is 27.9 Å². The molecule has 37 heavy (non-hydrogen) atoms. The zero-order valence-corrected chi connectivity index (χ0v) is 21.4. The summed E-state index contributed by atoms with van der Waals surface area (Å²) in [4.78, 5) is 25.9. The summed E-state index contributed by atoms with van der Waals surface area (Å²) in [7, 11) is 1.52. The van der Waals surface area contributed by atoms with Crippen molar-refractivity contribution in [2.24, 2.45) is 11.8 Å². The number of nitrogens with zero attached hydrogens (tertiary/aromatic N) is 2. The van der Waals surface area contributed by atoms with Crippen LogP contribution in [0.25, 0.3) is 21.8 Å². The van der Waals surface area contributed by atoms with E-state index < -0.39 is 0 Å². The third-order valence-electron chi connectivity index (χ3n) is 10.0. The molecule has 0 radical (unpaired) electrons. The van der Waals surface area contributed by atoms with Gasteiger partial charge in [-0.15, -0.1) is 0 Å². The van der Waals surface area contributed by atoms with E-state index in [0.717, 1.165) is 44.5 Å². The lowest BCUT2D eigenvalue weighted by atomic mass is 9.62. The Kier molecular flexibility index (Phi) is 4.38. The summed E-state index contributed by atoms with van der Waals surface area (Å²) in [6.45, 7) is 5.32. The van der Waals surface area contributed by atoms with Crippen molar-refractivity contribution in [3.63, 3.8) is 0 Å². The van der Waals surface area contributed by atoms with Crippen LogP contribution >= 0.6 is 0 Å². The number of carbonyl (C=O) groups excluding carboxylic acids is 1. The number of H-pyrrole nitrogens is 2. The Bertz CT molecular complexity index is 1610. The minimum absolute atomic E-state index is 0.129. The summed E-state index contributed by atoms with van der Waals surface area (Å²) in [5, 5.41) is 2.69. The van der Waals surface area contributed by atoms with Gasteiger partial charge in [0.15, 0.2) is 0 Å². The molecule has 1 fully saturated rings. The maximum absolute atomic E-state index is 13.2. The van der Waals surface area contributed by atoms with Gasteiger partial charge >= 0.3 is 5.97 Å². The molecule has 0 bridgehead atoms. The highest BCUT2D eigenvalue weighted by molar-refractivity contribution is 5.90. The third kappa shape index (κ3) is 2.77. The lowest BCUT2D eigenvalue weighted by molar-refractivity contribution is -0.139. The molecule has 0 spiro atoms. The van der Waals surface area contributed by atoms with Gasteiger partial charge in [-0.25, -0.2) is 4.79 Å². The highest BCUT2D eigenvalue weighted by atomic mass is 16.5. The number of rotatable bonds is 1. The number of aromatic amines is 2. The second kappa shape index (κ2) is 7.51. The number of nitrogens with one attached hydrogen (secondary N) is 2. The minimum Gasteiger partial charge on any atom is -0.466 e. The van der Waals surface area contributed by atoms with Crippen LogP contribution in [0.4, 0.5) is 0 Å². The summed E-state index contributed by atoms with van der Waals surface area (Å²) in [6.07, 6.45) is 5.10. The average molecular weight is 493 g/mol. The molecule has 6 nitrogen and oxygen atoms in total. The van der Waals surface area contributed by atoms with Gasteiger partial charge in [-0.05, 0) is 49.4 Å². The zero-order valence-electron chi connectivity index (χ0n) is 21.4. The topological polar surface area (TPSA) is 64.4 Å². The second-order valence-corrected chi connectivity index (χ2v) is 11.5. The number of piperidine rings is 1. The Morgan fingerprint density at radius 3 is 2.46 bits per heavy atom. The molecule has 4 aliphatic rings. The van der Waals surface area contributed by atoms with Crippen LogP contribution in [0.2, 0.25) is 0 Å². The molecule has 6 heterocycles. The van der Waals surface area contributed by atoms with Crippen molar-refractivity contribution < 1.29 is 9.53 Å². The summed E-state index contributed by atoms with van der Waals surface area (Å²) in [5.41, 5.74) is 8.64. The van der Waals surface area contributed by atoms with Crippen molar-refractivity contribution in [3.8, 4) is 0 Å². The van der Waals surface area contributed by atoms with E-state index in [1.54, 1.807) is 0 Å². The Morgan fingerprint density at radius 1 is 0.973 bits per heavy atom. The number of ether oxygens (including phenoxy) is 1. The lowest BCUT2D eigenvalue weighted by Gasteiger charge is -2.59. The summed E-state index contributed by atoms with van der Waals surface area (Å²) in [6, 6.07) is 17.6. The van der Waals surface area contributed by atoms with Crippen LogP contribution in [0.5, 0.6) is 0 Å². The first-order valence-electron chi connectivity index (χ1n) is 13.6. The summed E-state index contributed by atoms with van der Waals surface area (Å²) in [5.74, 6) is 0.228. The molecule has 1 saturated heterocycles. The molecule has 2 N–H and O–H groups in total. The van der Waals surface area contributed by atoms with Gasteiger partial charge < -0.3 is 19.6 Å². The smallest absolute Gasteiger partial charge is 0.335 e. The largest absolute Gasteiger partial charge is 0.466 e. The molecular formula is C31H32N4O2. The van der Waals surface area contributed by atoms with Crippen molar-refractivity contribution in [2.75, 3.05) is 26.7 Å².